The van der Waals surface area contributed by atoms with Gasteiger partial charge in [0.05, 0.1) is 17.3 Å². The van der Waals surface area contributed by atoms with Crippen molar-refractivity contribution in [3.05, 3.63) is 84.6 Å². The summed E-state index contributed by atoms with van der Waals surface area (Å²) in [5.74, 6) is -0.161. The minimum Gasteiger partial charge on any atom is -0.346 e. The number of hydrogen-bond acceptors (Lipinski definition) is 8. The third kappa shape index (κ3) is 4.38. The van der Waals surface area contributed by atoms with Crippen molar-refractivity contribution in [2.75, 3.05) is 5.32 Å². The molecule has 5 aromatic heterocycles. The first-order chi connectivity index (χ1) is 16.8. The van der Waals surface area contributed by atoms with Gasteiger partial charge in [0.15, 0.2) is 0 Å². The molecular weight excluding hydrogens is 471 g/mol. The molecule has 0 saturated heterocycles. The first kappa shape index (κ1) is 22.3. The molecule has 0 aromatic carbocycles. The number of anilines is 1. The Morgan fingerprint density at radius 1 is 0.943 bits per heavy atom. The zero-order chi connectivity index (χ0) is 24.6. The number of aromatic nitrogens is 7. The zero-order valence-electron chi connectivity index (χ0n) is 18.7. The second-order valence-corrected chi connectivity index (χ2v) is 9.66. The maximum Gasteiger partial charge on any atom is 0.280 e. The topological polar surface area (TPSA) is 120 Å². The fraction of sp³-hybridized carbons (Fsp3) is 0.0870. The quantitative estimate of drug-likeness (QED) is 0.359. The van der Waals surface area contributed by atoms with E-state index in [4.69, 9.17) is 0 Å². The molecule has 0 spiro atoms. The van der Waals surface area contributed by atoms with Gasteiger partial charge in [-0.15, -0.1) is 0 Å². The molecule has 0 aliphatic carbocycles. The van der Waals surface area contributed by atoms with E-state index < -0.39 is 16.0 Å². The van der Waals surface area contributed by atoms with Crippen LogP contribution < -0.4 is 5.32 Å². The molecule has 0 amide bonds. The van der Waals surface area contributed by atoms with Gasteiger partial charge in [-0.3, -0.25) is 9.67 Å². The van der Waals surface area contributed by atoms with E-state index >= 15 is 0 Å². The van der Waals surface area contributed by atoms with Crippen molar-refractivity contribution in [3.63, 3.8) is 0 Å². The first-order valence-corrected chi connectivity index (χ1v) is 11.8. The number of allylic oxidation sites excluding steroid dienone is 1. The number of nitrogens with zero attached hydrogens (tertiary/aromatic N) is 7. The summed E-state index contributed by atoms with van der Waals surface area (Å²) in [5, 5.41) is 11.1. The van der Waals surface area contributed by atoms with Crippen LogP contribution in [0.3, 0.4) is 0 Å². The van der Waals surface area contributed by atoms with Crippen molar-refractivity contribution < 1.29 is 12.8 Å². The molecule has 5 heterocycles. The fourth-order valence-corrected chi connectivity index (χ4v) is 4.48. The smallest absolute Gasteiger partial charge is 0.280 e. The summed E-state index contributed by atoms with van der Waals surface area (Å²) in [6.07, 6.45) is 10.8. The summed E-state index contributed by atoms with van der Waals surface area (Å²) in [4.78, 5) is 12.2. The lowest BCUT2D eigenvalue weighted by molar-refractivity contribution is 0.584. The van der Waals surface area contributed by atoms with E-state index in [2.05, 4.69) is 30.5 Å². The van der Waals surface area contributed by atoms with E-state index in [1.54, 1.807) is 54.6 Å². The third-order valence-electron chi connectivity index (χ3n) is 5.31. The largest absolute Gasteiger partial charge is 0.346 e. The SMILES string of the molecule is C/C(=C\Nc1ccc(-c2ccnc(F)c2)cn1)S(=O)(=O)n1ncc2ncc(-c3cnn(C)c3)cc21. The van der Waals surface area contributed by atoms with Gasteiger partial charge >= 0.3 is 0 Å². The standard InChI is InChI=1S/C23H19FN8O2S/c1-15(9-27-23-4-3-17(10-28-23)16-5-6-25-22(24)8-16)35(33,34)32-21-7-18(11-26-20(21)13-30-32)19-12-29-31(2)14-19/h3-14H,1-2H3,(H,27,28)/b15-9+. The van der Waals surface area contributed by atoms with Gasteiger partial charge in [0.25, 0.3) is 10.0 Å². The van der Waals surface area contributed by atoms with Crippen molar-refractivity contribution in [2.24, 2.45) is 7.05 Å². The van der Waals surface area contributed by atoms with Gasteiger partial charge in [-0.1, -0.05) is 0 Å². The average molecular weight is 491 g/mol. The summed E-state index contributed by atoms with van der Waals surface area (Å²) in [5.41, 5.74) is 3.67. The molecule has 0 atom stereocenters. The summed E-state index contributed by atoms with van der Waals surface area (Å²) >= 11 is 0. The highest BCUT2D eigenvalue weighted by molar-refractivity contribution is 7.93. The number of aryl methyl sites for hydroxylation is 1. The number of nitrogens with one attached hydrogen (secondary N) is 1. The number of hydrogen-bond donors (Lipinski definition) is 1. The van der Waals surface area contributed by atoms with Crippen molar-refractivity contribution in [1.82, 2.24) is 33.9 Å². The highest BCUT2D eigenvalue weighted by Gasteiger charge is 2.21. The highest BCUT2D eigenvalue weighted by atomic mass is 32.2. The predicted octanol–water partition coefficient (Wildman–Crippen LogP) is 3.58. The van der Waals surface area contributed by atoms with Gasteiger partial charge in [0.2, 0.25) is 5.95 Å². The Hall–Kier alpha value is -4.45. The summed E-state index contributed by atoms with van der Waals surface area (Å²) in [6, 6.07) is 8.11. The fourth-order valence-electron chi connectivity index (χ4n) is 3.42. The first-order valence-electron chi connectivity index (χ1n) is 10.4. The molecule has 0 bridgehead atoms. The molecule has 10 nitrogen and oxygen atoms in total. The van der Waals surface area contributed by atoms with Gasteiger partial charge in [0, 0.05) is 60.8 Å². The van der Waals surface area contributed by atoms with Crippen LogP contribution in [0.1, 0.15) is 6.92 Å². The minimum absolute atomic E-state index is 0.0244. The molecule has 5 rings (SSSR count). The minimum atomic E-state index is -3.98. The van der Waals surface area contributed by atoms with Gasteiger partial charge in [-0.2, -0.15) is 27.1 Å². The van der Waals surface area contributed by atoms with Gasteiger partial charge < -0.3 is 5.32 Å². The maximum absolute atomic E-state index is 13.4. The molecule has 35 heavy (non-hydrogen) atoms. The van der Waals surface area contributed by atoms with Crippen molar-refractivity contribution in [3.8, 4) is 22.3 Å². The van der Waals surface area contributed by atoms with E-state index in [-0.39, 0.29) is 4.91 Å². The number of halogens is 1. The molecule has 0 saturated carbocycles. The Balaban J connectivity index is 1.40. The molecule has 0 unspecified atom stereocenters. The normalized spacial score (nSPS) is 12.3. The van der Waals surface area contributed by atoms with Crippen LogP contribution in [0, 0.1) is 5.95 Å². The van der Waals surface area contributed by atoms with E-state index in [9.17, 15) is 12.8 Å². The third-order valence-corrected chi connectivity index (χ3v) is 6.99. The molecule has 176 valence electrons. The maximum atomic E-state index is 13.4. The van der Waals surface area contributed by atoms with Crippen molar-refractivity contribution in [1.29, 1.82) is 0 Å². The molecular formula is C23H19FN8O2S. The van der Waals surface area contributed by atoms with Crippen LogP contribution in [0.2, 0.25) is 0 Å². The summed E-state index contributed by atoms with van der Waals surface area (Å²) in [6.45, 7) is 1.46. The van der Waals surface area contributed by atoms with E-state index in [1.807, 2.05) is 6.20 Å². The predicted molar refractivity (Wildman–Crippen MR) is 129 cm³/mol. The van der Waals surface area contributed by atoms with Crippen LogP contribution in [0.5, 0.6) is 0 Å². The lowest BCUT2D eigenvalue weighted by Gasteiger charge is -2.08. The van der Waals surface area contributed by atoms with Gasteiger partial charge in [-0.05, 0) is 36.8 Å². The van der Waals surface area contributed by atoms with E-state index in [1.165, 1.54) is 31.6 Å². The molecule has 5 aromatic rings. The Bertz CT molecular complexity index is 1670. The van der Waals surface area contributed by atoms with Crippen LogP contribution in [0.15, 0.2) is 78.6 Å². The van der Waals surface area contributed by atoms with Crippen LogP contribution in [0.4, 0.5) is 10.2 Å². The van der Waals surface area contributed by atoms with Crippen molar-refractivity contribution in [2.45, 2.75) is 6.92 Å². The summed E-state index contributed by atoms with van der Waals surface area (Å²) < 4.78 is 42.4. The Kier molecular flexibility index (Phi) is 5.57. The Labute approximate surface area is 199 Å². The number of rotatable bonds is 6. The second-order valence-electron chi connectivity index (χ2n) is 7.72. The molecule has 0 aliphatic rings. The van der Waals surface area contributed by atoms with Crippen molar-refractivity contribution >= 4 is 26.9 Å². The lowest BCUT2D eigenvalue weighted by atomic mass is 10.1. The van der Waals surface area contributed by atoms with Crippen LogP contribution in [-0.4, -0.2) is 42.3 Å². The average Bonchev–Trinajstić information content (AvgIpc) is 3.49. The lowest BCUT2D eigenvalue weighted by Crippen LogP contribution is -2.15. The van der Waals surface area contributed by atoms with Gasteiger partial charge in [-0.25, -0.2) is 9.97 Å². The van der Waals surface area contributed by atoms with E-state index in [0.29, 0.717) is 28.0 Å². The van der Waals surface area contributed by atoms with Gasteiger partial charge in [0.1, 0.15) is 16.9 Å². The summed E-state index contributed by atoms with van der Waals surface area (Å²) in [7, 11) is -2.18. The zero-order valence-corrected chi connectivity index (χ0v) is 19.5. The number of pyridine rings is 3. The molecule has 0 fully saturated rings. The molecule has 0 radical (unpaired) electrons. The Morgan fingerprint density at radius 2 is 1.77 bits per heavy atom. The molecule has 1 N–H and O–H groups in total. The van der Waals surface area contributed by atoms with E-state index in [0.717, 1.165) is 15.2 Å². The number of fused-ring (bicyclic) bond motifs is 1. The molecule has 12 heteroatoms. The Morgan fingerprint density at radius 3 is 2.49 bits per heavy atom. The second kappa shape index (κ2) is 8.72. The monoisotopic (exact) mass is 490 g/mol. The van der Waals surface area contributed by atoms with Crippen LogP contribution >= 0.6 is 0 Å². The highest BCUT2D eigenvalue weighted by Crippen LogP contribution is 2.25. The van der Waals surface area contributed by atoms with Crippen LogP contribution in [-0.2, 0) is 17.1 Å². The molecule has 0 aliphatic heterocycles. The van der Waals surface area contributed by atoms with Crippen LogP contribution in [0.25, 0.3) is 33.3 Å².